The molecule has 0 heterocycles. The van der Waals surface area contributed by atoms with Gasteiger partial charge >= 0.3 is 10.4 Å². The van der Waals surface area contributed by atoms with Crippen molar-refractivity contribution in [1.29, 1.82) is 0 Å². The Morgan fingerprint density at radius 1 is 0.594 bits per heavy atom. The van der Waals surface area contributed by atoms with Gasteiger partial charge in [-0.1, -0.05) is 117 Å². The van der Waals surface area contributed by atoms with Crippen LogP contribution in [-0.2, 0) is 15.1 Å². The van der Waals surface area contributed by atoms with Crippen LogP contribution in [0, 0.1) is 0 Å². The van der Waals surface area contributed by atoms with Crippen LogP contribution in [-0.4, -0.2) is 29.7 Å². The Bertz CT molecular complexity index is 407. The summed E-state index contributed by atoms with van der Waals surface area (Å²) in [6, 6.07) is 0. The zero-order chi connectivity index (χ0) is 25.1. The smallest absolute Gasteiger partial charge is 0.376 e. The van der Waals surface area contributed by atoms with Crippen LogP contribution in [0.25, 0.3) is 0 Å². The fourth-order valence-corrected chi connectivity index (χ4v) is 3.66. The lowest BCUT2D eigenvalue weighted by molar-refractivity contribution is -0.00232. The summed E-state index contributed by atoms with van der Waals surface area (Å²) < 4.78 is 37.8. The van der Waals surface area contributed by atoms with Gasteiger partial charge in [-0.2, -0.15) is 8.42 Å². The summed E-state index contributed by atoms with van der Waals surface area (Å²) in [6.45, 7) is 15.1. The van der Waals surface area contributed by atoms with Gasteiger partial charge in [-0.15, -0.1) is 13.2 Å². The summed E-state index contributed by atoms with van der Waals surface area (Å²) in [5.74, 6) is 0. The van der Waals surface area contributed by atoms with Crippen LogP contribution < -0.4 is 0 Å². The van der Waals surface area contributed by atoms with Gasteiger partial charge in [0, 0.05) is 0 Å². The molecule has 2 unspecified atom stereocenters. The maximum absolute atomic E-state index is 8.74. The summed E-state index contributed by atoms with van der Waals surface area (Å²) in [5.41, 5.74) is 0. The minimum absolute atomic E-state index is 0.448. The number of ether oxygens (including phenoxy) is 1. The van der Waals surface area contributed by atoms with E-state index in [1.165, 1.54) is 116 Å². The first kappa shape index (κ1) is 36.1. The second kappa shape index (κ2) is 28.6. The highest BCUT2D eigenvalue weighted by molar-refractivity contribution is 7.79. The van der Waals surface area contributed by atoms with Gasteiger partial charge in [0.05, 0.1) is 12.2 Å². The molecule has 0 radical (unpaired) electrons. The van der Waals surface area contributed by atoms with E-state index in [1.807, 2.05) is 0 Å². The average Bonchev–Trinajstić information content (AvgIpc) is 2.72. The fraction of sp³-hybridized carbons (Fsp3) is 0.923. The Kier molecular flexibility index (Phi) is 32.3. The third-order valence-electron chi connectivity index (χ3n) is 5.39. The molecule has 0 amide bonds. The molecule has 0 saturated carbocycles. The molecule has 0 rings (SSSR count). The summed E-state index contributed by atoms with van der Waals surface area (Å²) in [6.07, 6.45) is 25.9. The van der Waals surface area contributed by atoms with Gasteiger partial charge in [0.25, 0.3) is 0 Å². The van der Waals surface area contributed by atoms with Crippen molar-refractivity contribution in [1.82, 2.24) is 0 Å². The predicted molar refractivity (Wildman–Crippen MR) is 140 cm³/mol. The van der Waals surface area contributed by atoms with E-state index in [9.17, 15) is 0 Å². The van der Waals surface area contributed by atoms with Crippen molar-refractivity contribution in [2.24, 2.45) is 0 Å². The van der Waals surface area contributed by atoms with E-state index in [2.05, 4.69) is 40.9 Å². The Labute approximate surface area is 201 Å². The van der Waals surface area contributed by atoms with Gasteiger partial charge in [-0.25, -0.2) is 0 Å². The monoisotopic (exact) mass is 480 g/mol. The summed E-state index contributed by atoms with van der Waals surface area (Å²) in [7, 11) is -4.67. The van der Waals surface area contributed by atoms with Crippen LogP contribution in [0.4, 0.5) is 0 Å². The van der Waals surface area contributed by atoms with E-state index in [0.29, 0.717) is 12.2 Å². The zero-order valence-electron chi connectivity index (χ0n) is 21.8. The Morgan fingerprint density at radius 3 is 1.06 bits per heavy atom. The van der Waals surface area contributed by atoms with Gasteiger partial charge in [-0.05, 0) is 26.7 Å². The maximum atomic E-state index is 8.74. The second-order valence-corrected chi connectivity index (χ2v) is 9.63. The van der Waals surface area contributed by atoms with Crippen molar-refractivity contribution >= 4 is 10.4 Å². The molecule has 196 valence electrons. The molecule has 5 nitrogen and oxygen atoms in total. The lowest BCUT2D eigenvalue weighted by Crippen LogP contribution is -2.17. The van der Waals surface area contributed by atoms with Gasteiger partial charge in [0.2, 0.25) is 0 Å². The second-order valence-electron chi connectivity index (χ2n) is 8.73. The molecule has 0 aliphatic carbocycles. The molecular formula is C26H56O5S. The van der Waals surface area contributed by atoms with Crippen molar-refractivity contribution < 1.29 is 22.3 Å². The minimum atomic E-state index is -4.67. The lowest BCUT2D eigenvalue weighted by atomic mass is 10.1. The first-order chi connectivity index (χ1) is 15.2. The normalized spacial score (nSPS) is 12.8. The van der Waals surface area contributed by atoms with E-state index in [0.717, 1.165) is 0 Å². The molecule has 0 aliphatic heterocycles. The van der Waals surface area contributed by atoms with E-state index < -0.39 is 10.4 Å². The molecule has 0 fully saturated rings. The average molecular weight is 481 g/mol. The quantitative estimate of drug-likeness (QED) is 0.103. The molecule has 0 aromatic carbocycles. The Morgan fingerprint density at radius 2 is 0.812 bits per heavy atom. The van der Waals surface area contributed by atoms with Crippen molar-refractivity contribution in [3.8, 4) is 0 Å². The molecular weight excluding hydrogens is 424 g/mol. The highest BCUT2D eigenvalue weighted by Gasteiger charge is 2.08. The highest BCUT2D eigenvalue weighted by atomic mass is 32.3. The highest BCUT2D eigenvalue weighted by Crippen LogP contribution is 2.15. The maximum Gasteiger partial charge on any atom is 0.394 e. The van der Waals surface area contributed by atoms with E-state index in [4.69, 9.17) is 22.3 Å². The van der Waals surface area contributed by atoms with Crippen LogP contribution in [0.2, 0.25) is 0 Å². The molecule has 0 saturated heterocycles. The van der Waals surface area contributed by atoms with Gasteiger partial charge < -0.3 is 4.74 Å². The largest absolute Gasteiger partial charge is 0.394 e. The predicted octanol–water partition coefficient (Wildman–Crippen LogP) is 8.99. The zero-order valence-corrected chi connectivity index (χ0v) is 22.6. The minimum Gasteiger partial charge on any atom is -0.376 e. The number of unbranched alkanes of at least 4 members (excludes halogenated alkanes) is 14. The van der Waals surface area contributed by atoms with E-state index in [1.54, 1.807) is 0 Å². The van der Waals surface area contributed by atoms with Gasteiger partial charge in [-0.3, -0.25) is 9.11 Å². The fourth-order valence-electron chi connectivity index (χ4n) is 3.66. The molecule has 0 aromatic heterocycles. The lowest BCUT2D eigenvalue weighted by Gasteiger charge is -2.19. The molecule has 32 heavy (non-hydrogen) atoms. The van der Waals surface area contributed by atoms with Crippen LogP contribution in [0.15, 0.2) is 13.2 Å². The number of rotatable bonds is 20. The van der Waals surface area contributed by atoms with Crippen molar-refractivity contribution in [3.63, 3.8) is 0 Å². The van der Waals surface area contributed by atoms with Crippen LogP contribution >= 0.6 is 0 Å². The number of hydrogen-bond donors (Lipinski definition) is 2. The van der Waals surface area contributed by atoms with Gasteiger partial charge in [0.15, 0.2) is 0 Å². The van der Waals surface area contributed by atoms with E-state index in [-0.39, 0.29) is 0 Å². The molecule has 2 atom stereocenters. The Balaban J connectivity index is -0.00000105. The van der Waals surface area contributed by atoms with Gasteiger partial charge in [0.1, 0.15) is 0 Å². The summed E-state index contributed by atoms with van der Waals surface area (Å²) in [5, 5.41) is 0. The van der Waals surface area contributed by atoms with Crippen LogP contribution in [0.3, 0.4) is 0 Å². The third-order valence-corrected chi connectivity index (χ3v) is 5.39. The molecule has 2 N–H and O–H groups in total. The van der Waals surface area contributed by atoms with Crippen LogP contribution in [0.5, 0.6) is 0 Å². The molecule has 0 aliphatic rings. The van der Waals surface area contributed by atoms with E-state index >= 15 is 0 Å². The van der Waals surface area contributed by atoms with Crippen molar-refractivity contribution in [2.75, 3.05) is 0 Å². The molecule has 6 heteroatoms. The molecule has 0 bridgehead atoms. The topological polar surface area (TPSA) is 83.8 Å². The van der Waals surface area contributed by atoms with Crippen molar-refractivity contribution in [3.05, 3.63) is 13.2 Å². The Hall–Kier alpha value is -0.430. The standard InChI is InChI=1S/C24H50O.C2H4.H2O4S/c1-5-7-9-11-13-15-17-19-21-23(3)25-24(4)22-20-18-16-14-12-10-8-6-2;1-2;1-5(2,3)4/h23-24H,5-22H2,1-4H3;1-2H2;(H2,1,2,3,4). The molecule has 0 aromatic rings. The van der Waals surface area contributed by atoms with Crippen molar-refractivity contribution in [2.45, 2.75) is 155 Å². The SMILES string of the molecule is C=C.CCCCCCCCCCC(C)OC(C)CCCCCCCCCC.O=S(=O)(O)O. The molecule has 0 spiro atoms. The first-order valence-electron chi connectivity index (χ1n) is 13.1. The number of hydrogen-bond acceptors (Lipinski definition) is 3. The summed E-state index contributed by atoms with van der Waals surface area (Å²) in [4.78, 5) is 0. The van der Waals surface area contributed by atoms with Crippen LogP contribution in [0.1, 0.15) is 143 Å². The summed E-state index contributed by atoms with van der Waals surface area (Å²) >= 11 is 0. The third kappa shape index (κ3) is 43.4. The first-order valence-corrected chi connectivity index (χ1v) is 14.5.